The summed E-state index contributed by atoms with van der Waals surface area (Å²) in [5.41, 5.74) is 4.02. The van der Waals surface area contributed by atoms with Gasteiger partial charge in [-0.05, 0) is 71.6 Å². The van der Waals surface area contributed by atoms with E-state index < -0.39 is 0 Å². The van der Waals surface area contributed by atoms with E-state index in [4.69, 9.17) is 5.26 Å². The van der Waals surface area contributed by atoms with Crippen LogP contribution in [0.25, 0.3) is 0 Å². The molecule has 1 nitrogen and oxygen atoms in total. The fourth-order valence-electron chi connectivity index (χ4n) is 5.22. The summed E-state index contributed by atoms with van der Waals surface area (Å²) >= 11 is 0. The molecule has 0 unspecified atom stereocenters. The van der Waals surface area contributed by atoms with Crippen molar-refractivity contribution in [2.75, 3.05) is 0 Å². The predicted octanol–water partition coefficient (Wildman–Crippen LogP) is 3.02. The number of fused-ring (bicyclic) bond motifs is 7. The maximum atomic E-state index is 9.00. The molecular formula is C15H13N. The van der Waals surface area contributed by atoms with Crippen molar-refractivity contribution in [2.24, 2.45) is 23.7 Å². The molecule has 0 bridgehead atoms. The average molecular weight is 207 g/mol. The first-order chi connectivity index (χ1) is 7.90. The standard InChI is InChI=1S/C15H13N/c16-6-7-1-2-10-11(5-7)12-8-3-4-9(8)13-14(10)15(12)13/h1-2,5,8-9,12-15H,3-4H2/t8-,9+,12-,13-,14-,15+/m1/s1. The smallest absolute Gasteiger partial charge is 0.0991 e. The van der Waals surface area contributed by atoms with Crippen molar-refractivity contribution in [3.05, 3.63) is 34.9 Å². The van der Waals surface area contributed by atoms with Crippen LogP contribution in [-0.4, -0.2) is 0 Å². The molecule has 0 saturated heterocycles. The van der Waals surface area contributed by atoms with Gasteiger partial charge in [-0.3, -0.25) is 0 Å². The van der Waals surface area contributed by atoms with E-state index in [1.165, 1.54) is 12.8 Å². The van der Waals surface area contributed by atoms with Crippen molar-refractivity contribution in [1.29, 1.82) is 5.26 Å². The lowest BCUT2D eigenvalue weighted by atomic mass is 9.69. The molecular weight excluding hydrogens is 194 g/mol. The topological polar surface area (TPSA) is 23.8 Å². The fourth-order valence-corrected chi connectivity index (χ4v) is 5.22. The summed E-state index contributed by atoms with van der Waals surface area (Å²) in [6.45, 7) is 0. The average Bonchev–Trinajstić information content (AvgIpc) is 2.81. The zero-order valence-electron chi connectivity index (χ0n) is 9.06. The number of hydrogen-bond acceptors (Lipinski definition) is 1. The van der Waals surface area contributed by atoms with Gasteiger partial charge in [-0.1, -0.05) is 6.07 Å². The fraction of sp³-hybridized carbons (Fsp3) is 0.533. The van der Waals surface area contributed by atoms with Gasteiger partial charge in [0.05, 0.1) is 11.6 Å². The molecule has 0 amide bonds. The van der Waals surface area contributed by atoms with Crippen molar-refractivity contribution >= 4 is 0 Å². The normalized spacial score (nSPS) is 48.7. The van der Waals surface area contributed by atoms with Gasteiger partial charge < -0.3 is 0 Å². The van der Waals surface area contributed by atoms with Crippen LogP contribution in [0, 0.1) is 35.0 Å². The summed E-state index contributed by atoms with van der Waals surface area (Å²) in [6.07, 6.45) is 2.93. The lowest BCUT2D eigenvalue weighted by molar-refractivity contribution is 0.166. The molecule has 0 aliphatic heterocycles. The molecule has 3 fully saturated rings. The van der Waals surface area contributed by atoms with E-state index in [0.29, 0.717) is 0 Å². The predicted molar refractivity (Wildman–Crippen MR) is 59.8 cm³/mol. The Morgan fingerprint density at radius 3 is 2.62 bits per heavy atom. The van der Waals surface area contributed by atoms with Gasteiger partial charge in [0.2, 0.25) is 0 Å². The molecule has 1 heteroatoms. The van der Waals surface area contributed by atoms with Gasteiger partial charge in [-0.15, -0.1) is 0 Å². The summed E-state index contributed by atoms with van der Waals surface area (Å²) in [6, 6.07) is 8.73. The minimum absolute atomic E-state index is 0.844. The third-order valence-electron chi connectivity index (χ3n) is 5.82. The molecule has 1 aromatic rings. The maximum Gasteiger partial charge on any atom is 0.0991 e. The number of hydrogen-bond donors (Lipinski definition) is 0. The van der Waals surface area contributed by atoms with E-state index in [2.05, 4.69) is 18.2 Å². The first-order valence-corrected chi connectivity index (χ1v) is 6.44. The molecule has 0 aromatic heterocycles. The zero-order chi connectivity index (χ0) is 10.4. The summed E-state index contributed by atoms with van der Waals surface area (Å²) < 4.78 is 0. The van der Waals surface area contributed by atoms with Gasteiger partial charge in [0.1, 0.15) is 0 Å². The summed E-state index contributed by atoms with van der Waals surface area (Å²) in [5, 5.41) is 9.00. The van der Waals surface area contributed by atoms with E-state index in [0.717, 1.165) is 41.1 Å². The molecule has 78 valence electrons. The molecule has 0 radical (unpaired) electrons. The Morgan fingerprint density at radius 1 is 1.00 bits per heavy atom. The van der Waals surface area contributed by atoms with Crippen LogP contribution in [0.2, 0.25) is 0 Å². The summed E-state index contributed by atoms with van der Waals surface area (Å²) in [5.74, 6) is 5.82. The molecule has 0 spiro atoms. The van der Waals surface area contributed by atoms with Crippen molar-refractivity contribution in [1.82, 2.24) is 0 Å². The van der Waals surface area contributed by atoms with Gasteiger partial charge in [-0.2, -0.15) is 5.26 Å². The van der Waals surface area contributed by atoms with Crippen molar-refractivity contribution in [3.8, 4) is 6.07 Å². The van der Waals surface area contributed by atoms with Gasteiger partial charge >= 0.3 is 0 Å². The number of benzene rings is 1. The Hall–Kier alpha value is -1.29. The van der Waals surface area contributed by atoms with E-state index in [1.54, 1.807) is 11.1 Å². The van der Waals surface area contributed by atoms with Crippen LogP contribution in [0.4, 0.5) is 0 Å². The second-order valence-electron chi connectivity index (χ2n) is 6.07. The highest BCUT2D eigenvalue weighted by atomic mass is 14.8. The van der Waals surface area contributed by atoms with Crippen LogP contribution in [0.15, 0.2) is 18.2 Å². The van der Waals surface area contributed by atoms with E-state index >= 15 is 0 Å². The highest BCUT2D eigenvalue weighted by molar-refractivity contribution is 5.54. The molecule has 3 saturated carbocycles. The lowest BCUT2D eigenvalue weighted by Gasteiger charge is -2.36. The molecule has 4 aliphatic rings. The number of nitrogens with zero attached hydrogens (tertiary/aromatic N) is 1. The second-order valence-corrected chi connectivity index (χ2v) is 6.07. The van der Waals surface area contributed by atoms with E-state index in [1.807, 2.05) is 6.07 Å². The van der Waals surface area contributed by atoms with Crippen LogP contribution in [-0.2, 0) is 0 Å². The molecule has 16 heavy (non-hydrogen) atoms. The first kappa shape index (κ1) is 7.90. The Balaban J connectivity index is 1.73. The third-order valence-corrected chi connectivity index (χ3v) is 5.82. The van der Waals surface area contributed by atoms with Gasteiger partial charge in [0.25, 0.3) is 0 Å². The van der Waals surface area contributed by atoms with Crippen LogP contribution in [0.5, 0.6) is 0 Å². The molecule has 0 N–H and O–H groups in total. The van der Waals surface area contributed by atoms with Crippen molar-refractivity contribution in [2.45, 2.75) is 24.7 Å². The lowest BCUT2D eigenvalue weighted by Crippen LogP contribution is -2.26. The zero-order valence-corrected chi connectivity index (χ0v) is 9.06. The molecule has 1 aromatic carbocycles. The second kappa shape index (κ2) is 2.20. The van der Waals surface area contributed by atoms with Gasteiger partial charge in [0.15, 0.2) is 0 Å². The number of rotatable bonds is 0. The maximum absolute atomic E-state index is 9.00. The summed E-state index contributed by atoms with van der Waals surface area (Å²) in [7, 11) is 0. The van der Waals surface area contributed by atoms with E-state index in [9.17, 15) is 0 Å². The monoisotopic (exact) mass is 207 g/mol. The molecule has 5 rings (SSSR count). The summed E-state index contributed by atoms with van der Waals surface area (Å²) in [4.78, 5) is 0. The van der Waals surface area contributed by atoms with E-state index in [-0.39, 0.29) is 0 Å². The van der Waals surface area contributed by atoms with Crippen molar-refractivity contribution in [3.63, 3.8) is 0 Å². The third kappa shape index (κ3) is 0.627. The highest BCUT2D eigenvalue weighted by Gasteiger charge is 2.73. The van der Waals surface area contributed by atoms with Gasteiger partial charge in [-0.25, -0.2) is 0 Å². The molecule has 4 aliphatic carbocycles. The van der Waals surface area contributed by atoms with Crippen LogP contribution >= 0.6 is 0 Å². The highest BCUT2D eigenvalue weighted by Crippen LogP contribution is 2.81. The minimum atomic E-state index is 0.844. The number of nitriles is 1. The largest absolute Gasteiger partial charge is 0.192 e. The van der Waals surface area contributed by atoms with Crippen LogP contribution in [0.3, 0.4) is 0 Å². The molecule has 6 atom stereocenters. The minimum Gasteiger partial charge on any atom is -0.192 e. The Morgan fingerprint density at radius 2 is 1.88 bits per heavy atom. The Bertz CT molecular complexity index is 553. The van der Waals surface area contributed by atoms with Crippen LogP contribution in [0.1, 0.15) is 41.4 Å². The van der Waals surface area contributed by atoms with Crippen molar-refractivity contribution < 1.29 is 0 Å². The quantitative estimate of drug-likeness (QED) is 0.641. The van der Waals surface area contributed by atoms with Crippen LogP contribution < -0.4 is 0 Å². The van der Waals surface area contributed by atoms with Gasteiger partial charge in [0, 0.05) is 0 Å². The Labute approximate surface area is 95.1 Å². The first-order valence-electron chi connectivity index (χ1n) is 6.44. The Kier molecular flexibility index (Phi) is 1.09. The molecule has 0 heterocycles. The SMILES string of the molecule is N#Cc1ccc2c(c1)[C@H]1[C@@H]3CC[C@@H]3[C@@H]3[C@@H]2[C@@H]13.